The molecule has 0 radical (unpaired) electrons. The van der Waals surface area contributed by atoms with Crippen LogP contribution in [0.4, 0.5) is 0 Å². The Balaban J connectivity index is 0.000000345. The lowest BCUT2D eigenvalue weighted by Crippen LogP contribution is -1.95. The maximum Gasteiger partial charge on any atom is 0.339 e. The second kappa shape index (κ2) is 8.75. The van der Waals surface area contributed by atoms with E-state index in [1.54, 1.807) is 42.5 Å². The zero-order chi connectivity index (χ0) is 14.3. The number of phenols is 1. The van der Waals surface area contributed by atoms with Crippen molar-refractivity contribution in [3.63, 3.8) is 0 Å². The fraction of sp³-hybridized carbons (Fsp3) is 0. The third kappa shape index (κ3) is 5.57. The van der Waals surface area contributed by atoms with Crippen molar-refractivity contribution in [1.82, 2.24) is 0 Å². The van der Waals surface area contributed by atoms with Crippen LogP contribution >= 0.6 is 0 Å². The van der Waals surface area contributed by atoms with Gasteiger partial charge in [0.2, 0.25) is 0 Å². The number of hydrogen-bond acceptors (Lipinski definition) is 3. The Morgan fingerprint density at radius 2 is 1.25 bits per heavy atom. The second-order valence-corrected chi connectivity index (χ2v) is 3.49. The summed E-state index contributed by atoms with van der Waals surface area (Å²) < 4.78 is 0. The SMILES string of the molecule is O=C(O)c1ccccc1.O=C(O)c1ccccc1O.[AlH3]. The maximum atomic E-state index is 10.3. The van der Waals surface area contributed by atoms with Gasteiger partial charge in [0, 0.05) is 0 Å². The van der Waals surface area contributed by atoms with E-state index in [1.165, 1.54) is 12.1 Å². The van der Waals surface area contributed by atoms with Gasteiger partial charge in [0.05, 0.1) is 5.56 Å². The monoisotopic (exact) mass is 290 g/mol. The Hall–Kier alpha value is -2.29. The summed E-state index contributed by atoms with van der Waals surface area (Å²) in [5, 5.41) is 25.7. The van der Waals surface area contributed by atoms with E-state index in [2.05, 4.69) is 0 Å². The molecular weight excluding hydrogens is 275 g/mol. The Kier molecular flexibility index (Phi) is 7.75. The van der Waals surface area contributed by atoms with Gasteiger partial charge < -0.3 is 15.3 Å². The first-order valence-electron chi connectivity index (χ1n) is 5.32. The van der Waals surface area contributed by atoms with Crippen LogP contribution in [0.5, 0.6) is 5.75 Å². The Morgan fingerprint density at radius 1 is 0.750 bits per heavy atom. The largest absolute Gasteiger partial charge is 0.507 e. The van der Waals surface area contributed by atoms with Crippen molar-refractivity contribution in [1.29, 1.82) is 0 Å². The minimum Gasteiger partial charge on any atom is -0.507 e. The molecule has 2 rings (SSSR count). The van der Waals surface area contributed by atoms with E-state index in [-0.39, 0.29) is 28.7 Å². The van der Waals surface area contributed by atoms with E-state index >= 15 is 0 Å². The van der Waals surface area contributed by atoms with E-state index in [0.29, 0.717) is 5.56 Å². The fourth-order valence-electron chi connectivity index (χ4n) is 1.24. The zero-order valence-electron chi connectivity index (χ0n) is 9.85. The highest BCUT2D eigenvalue weighted by Crippen LogP contribution is 2.14. The Morgan fingerprint density at radius 3 is 1.60 bits per heavy atom. The van der Waals surface area contributed by atoms with E-state index in [4.69, 9.17) is 15.3 Å². The van der Waals surface area contributed by atoms with Gasteiger partial charge in [-0.05, 0) is 24.3 Å². The molecule has 5 nitrogen and oxygen atoms in total. The molecule has 0 spiro atoms. The fourth-order valence-corrected chi connectivity index (χ4v) is 1.24. The van der Waals surface area contributed by atoms with Crippen LogP contribution in [-0.2, 0) is 0 Å². The lowest BCUT2D eigenvalue weighted by molar-refractivity contribution is 0.0684. The molecular formula is C14H15AlO5. The number of para-hydroxylation sites is 1. The van der Waals surface area contributed by atoms with Crippen LogP contribution in [0.1, 0.15) is 20.7 Å². The highest BCUT2D eigenvalue weighted by molar-refractivity contribution is 5.90. The van der Waals surface area contributed by atoms with Crippen LogP contribution in [0.15, 0.2) is 54.6 Å². The van der Waals surface area contributed by atoms with E-state index in [1.807, 2.05) is 0 Å². The highest BCUT2D eigenvalue weighted by atomic mass is 27.0. The third-order valence-electron chi connectivity index (χ3n) is 2.16. The van der Waals surface area contributed by atoms with Gasteiger partial charge in [-0.25, -0.2) is 9.59 Å². The Labute approximate surface area is 126 Å². The second-order valence-electron chi connectivity index (χ2n) is 3.49. The molecule has 0 aliphatic heterocycles. The predicted octanol–water partition coefficient (Wildman–Crippen LogP) is 1.29. The quantitative estimate of drug-likeness (QED) is 0.724. The molecule has 0 atom stereocenters. The topological polar surface area (TPSA) is 94.8 Å². The number of carboxylic acid groups (broad SMARTS) is 2. The molecule has 0 saturated heterocycles. The number of carbonyl (C=O) groups is 2. The summed E-state index contributed by atoms with van der Waals surface area (Å²) in [6.45, 7) is 0. The molecule has 0 aliphatic carbocycles. The smallest absolute Gasteiger partial charge is 0.339 e. The molecule has 0 bridgehead atoms. The minimum absolute atomic E-state index is 0. The number of rotatable bonds is 2. The van der Waals surface area contributed by atoms with Crippen molar-refractivity contribution in [3.05, 3.63) is 65.7 Å². The van der Waals surface area contributed by atoms with E-state index in [9.17, 15) is 9.59 Å². The standard InChI is InChI=1S/C7H6O3.C7H6O2.Al.3H/c8-6-4-2-1-3-5(6)7(9)10;8-7(9)6-4-2-1-3-5-6;;;;/h1-4,8H,(H,9,10);1-5H,(H,8,9);;;;. The molecule has 6 heteroatoms. The van der Waals surface area contributed by atoms with Gasteiger partial charge in [0.1, 0.15) is 11.3 Å². The minimum atomic E-state index is -1.11. The normalized spacial score (nSPS) is 8.60. The van der Waals surface area contributed by atoms with Crippen molar-refractivity contribution < 1.29 is 24.9 Å². The van der Waals surface area contributed by atoms with Crippen molar-refractivity contribution in [2.75, 3.05) is 0 Å². The molecule has 0 amide bonds. The van der Waals surface area contributed by atoms with Gasteiger partial charge in [0.15, 0.2) is 17.4 Å². The molecule has 0 fully saturated rings. The summed E-state index contributed by atoms with van der Waals surface area (Å²) in [7, 11) is 0. The van der Waals surface area contributed by atoms with Crippen LogP contribution in [-0.4, -0.2) is 44.6 Å². The van der Waals surface area contributed by atoms with Crippen LogP contribution in [0.3, 0.4) is 0 Å². The summed E-state index contributed by atoms with van der Waals surface area (Å²) in [4.78, 5) is 20.5. The lowest BCUT2D eigenvalue weighted by Gasteiger charge is -1.95. The number of aromatic carboxylic acids is 2. The first kappa shape index (κ1) is 17.7. The van der Waals surface area contributed by atoms with Crippen LogP contribution in [0.2, 0.25) is 0 Å². The van der Waals surface area contributed by atoms with Crippen LogP contribution in [0, 0.1) is 0 Å². The summed E-state index contributed by atoms with van der Waals surface area (Å²) in [5.41, 5.74) is 0.264. The van der Waals surface area contributed by atoms with Gasteiger partial charge in [-0.2, -0.15) is 0 Å². The number of carboxylic acids is 2. The predicted molar refractivity (Wildman–Crippen MR) is 78.4 cm³/mol. The van der Waals surface area contributed by atoms with Gasteiger partial charge in [-0.15, -0.1) is 0 Å². The molecule has 0 saturated carbocycles. The molecule has 2 aromatic rings. The average molecular weight is 290 g/mol. The van der Waals surface area contributed by atoms with Gasteiger partial charge in [-0.3, -0.25) is 0 Å². The average Bonchev–Trinajstić information content (AvgIpc) is 2.40. The van der Waals surface area contributed by atoms with E-state index in [0.717, 1.165) is 0 Å². The van der Waals surface area contributed by atoms with Gasteiger partial charge >= 0.3 is 11.9 Å². The number of hydrogen-bond donors (Lipinski definition) is 3. The van der Waals surface area contributed by atoms with Crippen LogP contribution < -0.4 is 0 Å². The molecule has 2 aromatic carbocycles. The summed E-state index contributed by atoms with van der Waals surface area (Å²) in [6, 6.07) is 14.1. The molecule has 0 aliphatic rings. The zero-order valence-corrected chi connectivity index (χ0v) is 9.85. The van der Waals surface area contributed by atoms with Crippen molar-refractivity contribution in [2.45, 2.75) is 0 Å². The first-order valence-corrected chi connectivity index (χ1v) is 5.32. The highest BCUT2D eigenvalue weighted by Gasteiger charge is 2.05. The molecule has 20 heavy (non-hydrogen) atoms. The molecule has 0 aromatic heterocycles. The number of aromatic hydroxyl groups is 1. The first-order chi connectivity index (χ1) is 9.02. The maximum absolute atomic E-state index is 10.3. The molecule has 3 N–H and O–H groups in total. The third-order valence-corrected chi connectivity index (χ3v) is 2.16. The van der Waals surface area contributed by atoms with Gasteiger partial charge in [0.25, 0.3) is 0 Å². The van der Waals surface area contributed by atoms with Crippen LogP contribution in [0.25, 0.3) is 0 Å². The molecule has 0 unspecified atom stereocenters. The van der Waals surface area contributed by atoms with Crippen molar-refractivity contribution in [3.8, 4) is 5.75 Å². The van der Waals surface area contributed by atoms with Gasteiger partial charge in [-0.1, -0.05) is 30.3 Å². The Bertz CT molecular complexity index is 569. The van der Waals surface area contributed by atoms with Crippen molar-refractivity contribution >= 4 is 29.3 Å². The lowest BCUT2D eigenvalue weighted by atomic mass is 10.2. The van der Waals surface area contributed by atoms with Crippen molar-refractivity contribution in [2.24, 2.45) is 0 Å². The number of benzene rings is 2. The molecule has 104 valence electrons. The summed E-state index contributed by atoms with van der Waals surface area (Å²) in [5.74, 6) is -2.19. The summed E-state index contributed by atoms with van der Waals surface area (Å²) in [6.07, 6.45) is 0. The molecule has 0 heterocycles. The summed E-state index contributed by atoms with van der Waals surface area (Å²) >= 11 is 0. The van der Waals surface area contributed by atoms with E-state index < -0.39 is 11.9 Å².